The molecule has 0 heterocycles. The Bertz CT molecular complexity index is 963. The predicted octanol–water partition coefficient (Wildman–Crippen LogP) is 7.41. The maximum absolute atomic E-state index is 11.9. The van der Waals surface area contributed by atoms with Gasteiger partial charge in [0.25, 0.3) is 0 Å². The lowest BCUT2D eigenvalue weighted by atomic mass is 10.1. The molecule has 0 aromatic heterocycles. The topological polar surface area (TPSA) is 89.9 Å². The van der Waals surface area contributed by atoms with E-state index in [0.717, 1.165) is 15.3 Å². The SMILES string of the molecule is C.C=C(Br)C[C@@H](CCC=O)OC(=O)c1ccccc1.C=C(Br)C[C@@H](CCCO)OC(=O)c1ccccc1. The van der Waals surface area contributed by atoms with E-state index in [1.807, 2.05) is 12.1 Å². The zero-order valence-corrected chi connectivity index (χ0v) is 23.3. The Balaban J connectivity index is 0.000000682. The number of rotatable bonds is 14. The van der Waals surface area contributed by atoms with Gasteiger partial charge in [-0.05, 0) is 52.5 Å². The van der Waals surface area contributed by atoms with Crippen molar-refractivity contribution in [3.63, 3.8) is 0 Å². The molecular weight excluding hydrogens is 604 g/mol. The van der Waals surface area contributed by atoms with E-state index in [4.69, 9.17) is 14.6 Å². The van der Waals surface area contributed by atoms with E-state index in [-0.39, 0.29) is 38.2 Å². The number of carbonyl (C=O) groups is 3. The number of halogens is 2. The number of carbonyl (C=O) groups excluding carboxylic acids is 3. The van der Waals surface area contributed by atoms with Gasteiger partial charge >= 0.3 is 11.9 Å². The van der Waals surface area contributed by atoms with E-state index < -0.39 is 0 Å². The number of hydrogen-bond acceptors (Lipinski definition) is 6. The maximum Gasteiger partial charge on any atom is 0.338 e. The van der Waals surface area contributed by atoms with Crippen molar-refractivity contribution in [1.82, 2.24) is 0 Å². The predicted molar refractivity (Wildman–Crippen MR) is 155 cm³/mol. The molecule has 8 heteroatoms. The average molecular weight is 640 g/mol. The Morgan fingerprint density at radius 3 is 1.57 bits per heavy atom. The first-order valence-electron chi connectivity index (χ1n) is 11.5. The molecule has 0 fully saturated rings. The third kappa shape index (κ3) is 16.0. The average Bonchev–Trinajstić information content (AvgIpc) is 2.86. The van der Waals surface area contributed by atoms with Gasteiger partial charge < -0.3 is 19.4 Å². The van der Waals surface area contributed by atoms with E-state index in [1.165, 1.54) is 0 Å². The number of aliphatic hydroxyl groups excluding tert-OH is 1. The van der Waals surface area contributed by atoms with Crippen LogP contribution in [-0.2, 0) is 14.3 Å². The minimum absolute atomic E-state index is 0. The van der Waals surface area contributed by atoms with Crippen LogP contribution in [0, 0.1) is 0 Å². The molecule has 0 amide bonds. The van der Waals surface area contributed by atoms with Gasteiger partial charge in [0.05, 0.1) is 11.1 Å². The van der Waals surface area contributed by atoms with Crippen molar-refractivity contribution in [2.75, 3.05) is 6.61 Å². The summed E-state index contributed by atoms with van der Waals surface area (Å²) < 4.78 is 12.3. The molecular formula is C29H36Br2O6. The highest BCUT2D eigenvalue weighted by Crippen LogP contribution is 2.19. The van der Waals surface area contributed by atoms with Crippen LogP contribution in [0.4, 0.5) is 0 Å². The van der Waals surface area contributed by atoms with Gasteiger partial charge in [0, 0.05) is 25.9 Å². The largest absolute Gasteiger partial charge is 0.458 e. The summed E-state index contributed by atoms with van der Waals surface area (Å²) in [4.78, 5) is 34.1. The van der Waals surface area contributed by atoms with Crippen molar-refractivity contribution in [3.05, 3.63) is 93.9 Å². The third-order valence-corrected chi connectivity index (χ3v) is 5.40. The molecule has 0 saturated carbocycles. The summed E-state index contributed by atoms with van der Waals surface area (Å²) in [7, 11) is 0. The highest BCUT2D eigenvalue weighted by molar-refractivity contribution is 9.12. The number of aliphatic hydroxyl groups is 1. The number of hydrogen-bond donors (Lipinski definition) is 1. The van der Waals surface area contributed by atoms with Crippen LogP contribution in [0.1, 0.15) is 66.7 Å². The fourth-order valence-corrected chi connectivity index (χ4v) is 3.78. The van der Waals surface area contributed by atoms with Crippen LogP contribution in [0.2, 0.25) is 0 Å². The summed E-state index contributed by atoms with van der Waals surface area (Å²) in [6.07, 6.45) is 3.41. The van der Waals surface area contributed by atoms with Crippen molar-refractivity contribution >= 4 is 50.1 Å². The Labute approximate surface area is 237 Å². The molecule has 202 valence electrons. The van der Waals surface area contributed by atoms with Gasteiger partial charge in [0.2, 0.25) is 0 Å². The van der Waals surface area contributed by atoms with E-state index in [0.29, 0.717) is 49.7 Å². The number of ether oxygens (including phenoxy) is 2. The molecule has 0 saturated heterocycles. The van der Waals surface area contributed by atoms with Gasteiger partial charge in [-0.25, -0.2) is 9.59 Å². The van der Waals surface area contributed by atoms with Gasteiger partial charge in [-0.1, -0.05) is 88.8 Å². The highest BCUT2D eigenvalue weighted by Gasteiger charge is 2.17. The maximum atomic E-state index is 11.9. The second-order valence-corrected chi connectivity index (χ2v) is 10.1. The normalized spacial score (nSPS) is 11.4. The molecule has 1 N–H and O–H groups in total. The van der Waals surface area contributed by atoms with Crippen LogP contribution >= 0.6 is 31.9 Å². The molecule has 0 aliphatic carbocycles. The minimum Gasteiger partial charge on any atom is -0.458 e. The molecule has 2 rings (SSSR count). The van der Waals surface area contributed by atoms with Gasteiger partial charge in [0.1, 0.15) is 18.5 Å². The quantitative estimate of drug-likeness (QED) is 0.171. The van der Waals surface area contributed by atoms with Crippen LogP contribution in [-0.4, -0.2) is 42.1 Å². The molecule has 2 atom stereocenters. The molecule has 0 aliphatic heterocycles. The zero-order valence-electron chi connectivity index (χ0n) is 20.1. The summed E-state index contributed by atoms with van der Waals surface area (Å²) in [5.41, 5.74) is 1.04. The van der Waals surface area contributed by atoms with Crippen molar-refractivity contribution in [1.29, 1.82) is 0 Å². The lowest BCUT2D eigenvalue weighted by molar-refractivity contribution is -0.108. The van der Waals surface area contributed by atoms with Crippen LogP contribution in [0.25, 0.3) is 0 Å². The van der Waals surface area contributed by atoms with E-state index >= 15 is 0 Å². The van der Waals surface area contributed by atoms with Crippen molar-refractivity contribution < 1.29 is 29.0 Å². The standard InChI is InChI=1S/C14H17BrO3.C14H15BrO3.CH4/c2*1-11(15)10-13(8-5-9-16)18-14(17)12-6-3-2-4-7-12;/h2-4,6-7,13,16H,1,5,8-10H2;2-4,6-7,9,13H,1,5,8,10H2;1H4/t2*13-;/m11./s1. The van der Waals surface area contributed by atoms with Crippen molar-refractivity contribution in [2.45, 2.75) is 58.2 Å². The summed E-state index contributed by atoms with van der Waals surface area (Å²) in [5.74, 6) is -0.715. The van der Waals surface area contributed by atoms with Crippen molar-refractivity contribution in [2.24, 2.45) is 0 Å². The van der Waals surface area contributed by atoms with Gasteiger partial charge in [-0.15, -0.1) is 0 Å². The zero-order chi connectivity index (χ0) is 26.8. The lowest BCUT2D eigenvalue weighted by Crippen LogP contribution is -2.19. The van der Waals surface area contributed by atoms with Crippen LogP contribution in [0.15, 0.2) is 82.8 Å². The smallest absolute Gasteiger partial charge is 0.338 e. The van der Waals surface area contributed by atoms with Gasteiger partial charge in [-0.2, -0.15) is 0 Å². The van der Waals surface area contributed by atoms with Crippen LogP contribution in [0.5, 0.6) is 0 Å². The first-order valence-corrected chi connectivity index (χ1v) is 13.1. The van der Waals surface area contributed by atoms with Crippen molar-refractivity contribution in [3.8, 4) is 0 Å². The van der Waals surface area contributed by atoms with E-state index in [9.17, 15) is 14.4 Å². The Morgan fingerprint density at radius 2 is 1.22 bits per heavy atom. The Morgan fingerprint density at radius 1 is 0.811 bits per heavy atom. The molecule has 0 unspecified atom stereocenters. The van der Waals surface area contributed by atoms with E-state index in [2.05, 4.69) is 45.0 Å². The molecule has 37 heavy (non-hydrogen) atoms. The molecule has 0 bridgehead atoms. The van der Waals surface area contributed by atoms with Crippen LogP contribution in [0.3, 0.4) is 0 Å². The van der Waals surface area contributed by atoms with Gasteiger partial charge in [-0.3, -0.25) is 0 Å². The summed E-state index contributed by atoms with van der Waals surface area (Å²) in [6, 6.07) is 17.7. The molecule has 6 nitrogen and oxygen atoms in total. The Kier molecular flexibility index (Phi) is 19.1. The van der Waals surface area contributed by atoms with E-state index in [1.54, 1.807) is 48.5 Å². The highest BCUT2D eigenvalue weighted by atomic mass is 79.9. The summed E-state index contributed by atoms with van der Waals surface area (Å²) in [6.45, 7) is 7.56. The Hall–Kier alpha value is -2.55. The van der Waals surface area contributed by atoms with Crippen LogP contribution < -0.4 is 0 Å². The first-order chi connectivity index (χ1) is 17.3. The summed E-state index contributed by atoms with van der Waals surface area (Å²) in [5, 5.41) is 8.83. The number of benzene rings is 2. The van der Waals surface area contributed by atoms with Gasteiger partial charge in [0.15, 0.2) is 0 Å². The molecule has 2 aromatic rings. The number of aldehydes is 1. The fourth-order valence-electron chi connectivity index (χ4n) is 3.06. The fraction of sp³-hybridized carbons (Fsp3) is 0.345. The minimum atomic E-state index is -0.375. The monoisotopic (exact) mass is 638 g/mol. The lowest BCUT2D eigenvalue weighted by Gasteiger charge is -2.17. The molecule has 0 spiro atoms. The summed E-state index contributed by atoms with van der Waals surface area (Å²) >= 11 is 6.50. The molecule has 2 aromatic carbocycles. The molecule has 0 aliphatic rings. The second-order valence-electron chi connectivity index (χ2n) is 7.84. The third-order valence-electron chi connectivity index (χ3n) is 4.76. The second kappa shape index (κ2) is 20.5. The first kappa shape index (κ1) is 34.5. The molecule has 0 radical (unpaired) electrons. The number of esters is 2.